The molecule has 0 aliphatic heterocycles. The lowest BCUT2D eigenvalue weighted by atomic mass is 10.2. The number of H-pyrrole nitrogens is 1. The van der Waals surface area contributed by atoms with Gasteiger partial charge >= 0.3 is 5.97 Å². The number of nitrogens with one attached hydrogen (secondary N) is 1. The molecular formula is C15H16N2O4. The predicted octanol–water partition coefficient (Wildman–Crippen LogP) is 1.16. The van der Waals surface area contributed by atoms with E-state index >= 15 is 0 Å². The topological polar surface area (TPSA) is 79.5 Å². The molecule has 21 heavy (non-hydrogen) atoms. The molecule has 0 saturated heterocycles. The minimum atomic E-state index is -0.506. The number of fused-ring (bicyclic) bond motifs is 1. The first-order valence-corrected chi connectivity index (χ1v) is 6.55. The van der Waals surface area contributed by atoms with Gasteiger partial charge in [-0.2, -0.15) is 0 Å². The Morgan fingerprint density at radius 1 is 1.29 bits per heavy atom. The Morgan fingerprint density at radius 2 is 2.00 bits per heavy atom. The fraction of sp³-hybridized carbons (Fsp3) is 0.267. The molecule has 6 heteroatoms. The number of carbonyl (C=O) groups is 2. The minimum Gasteiger partial charge on any atom is -0.468 e. The van der Waals surface area contributed by atoms with E-state index in [1.54, 1.807) is 31.2 Å². The highest BCUT2D eigenvalue weighted by Crippen LogP contribution is 2.09. The van der Waals surface area contributed by atoms with Crippen LogP contribution in [0, 0.1) is 0 Å². The minimum absolute atomic E-state index is 0.152. The maximum absolute atomic E-state index is 12.4. The number of methoxy groups -OCH3 is 1. The van der Waals surface area contributed by atoms with Gasteiger partial charge in [0.2, 0.25) is 0 Å². The summed E-state index contributed by atoms with van der Waals surface area (Å²) in [5.74, 6) is -0.918. The van der Waals surface area contributed by atoms with Gasteiger partial charge in [-0.1, -0.05) is 12.1 Å². The molecule has 0 aliphatic carbocycles. The number of para-hydroxylation sites is 1. The van der Waals surface area contributed by atoms with Crippen molar-refractivity contribution in [2.24, 2.45) is 0 Å². The largest absolute Gasteiger partial charge is 0.468 e. The number of hydrogen-bond donors (Lipinski definition) is 1. The van der Waals surface area contributed by atoms with E-state index in [0.29, 0.717) is 17.4 Å². The average Bonchev–Trinajstić information content (AvgIpc) is 2.51. The molecule has 0 atom stereocenters. The van der Waals surface area contributed by atoms with E-state index in [4.69, 9.17) is 0 Å². The third-order valence-corrected chi connectivity index (χ3v) is 3.18. The number of benzene rings is 1. The lowest BCUT2D eigenvalue weighted by molar-refractivity contribution is -0.141. The molecule has 1 aromatic heterocycles. The predicted molar refractivity (Wildman–Crippen MR) is 78.2 cm³/mol. The van der Waals surface area contributed by atoms with Gasteiger partial charge in [-0.05, 0) is 19.1 Å². The van der Waals surface area contributed by atoms with E-state index in [-0.39, 0.29) is 17.7 Å². The molecule has 1 amide bonds. The highest BCUT2D eigenvalue weighted by atomic mass is 16.5. The second kappa shape index (κ2) is 6.21. The van der Waals surface area contributed by atoms with Gasteiger partial charge in [0, 0.05) is 23.5 Å². The number of carbonyl (C=O) groups excluding carboxylic acids is 2. The normalized spacial score (nSPS) is 10.4. The standard InChI is InChI=1S/C15H16N2O4/c1-3-17(9-14(19)21-2)15(20)12-8-13(18)10-6-4-5-7-11(10)16-12/h4-8H,3,9H2,1-2H3,(H,16,18). The molecule has 110 valence electrons. The SMILES string of the molecule is CCN(CC(=O)OC)C(=O)c1cc(=O)c2ccccc2[nH]1. The van der Waals surface area contributed by atoms with E-state index in [1.807, 2.05) is 0 Å². The van der Waals surface area contributed by atoms with Gasteiger partial charge in [-0.25, -0.2) is 0 Å². The zero-order valence-corrected chi connectivity index (χ0v) is 11.9. The highest BCUT2D eigenvalue weighted by molar-refractivity contribution is 5.96. The van der Waals surface area contributed by atoms with Crippen molar-refractivity contribution in [2.45, 2.75) is 6.92 Å². The van der Waals surface area contributed by atoms with Gasteiger partial charge in [-0.3, -0.25) is 14.4 Å². The molecule has 0 unspecified atom stereocenters. The molecule has 0 radical (unpaired) electrons. The summed E-state index contributed by atoms with van der Waals surface area (Å²) in [6.07, 6.45) is 0. The van der Waals surface area contributed by atoms with Crippen LogP contribution in [0.5, 0.6) is 0 Å². The molecule has 1 aromatic carbocycles. The van der Waals surface area contributed by atoms with Crippen molar-refractivity contribution in [3.8, 4) is 0 Å². The average molecular weight is 288 g/mol. The summed E-state index contributed by atoms with van der Waals surface area (Å²) in [6.45, 7) is 1.93. The first-order valence-electron chi connectivity index (χ1n) is 6.55. The molecule has 0 saturated carbocycles. The van der Waals surface area contributed by atoms with Gasteiger partial charge in [-0.15, -0.1) is 0 Å². The van der Waals surface area contributed by atoms with Crippen LogP contribution in [0.4, 0.5) is 0 Å². The number of amides is 1. The summed E-state index contributed by atoms with van der Waals surface area (Å²) in [5, 5.41) is 0.519. The Hall–Kier alpha value is -2.63. The second-order valence-corrected chi connectivity index (χ2v) is 4.49. The number of nitrogens with zero attached hydrogens (tertiary/aromatic N) is 1. The van der Waals surface area contributed by atoms with Crippen molar-refractivity contribution in [3.05, 3.63) is 46.2 Å². The van der Waals surface area contributed by atoms with Crippen molar-refractivity contribution in [1.29, 1.82) is 0 Å². The molecule has 0 bridgehead atoms. The molecule has 2 aromatic rings. The Kier molecular flexibility index (Phi) is 4.37. The lowest BCUT2D eigenvalue weighted by Gasteiger charge is -2.19. The van der Waals surface area contributed by atoms with Crippen LogP contribution in [-0.4, -0.2) is 42.0 Å². The maximum Gasteiger partial charge on any atom is 0.325 e. The van der Waals surface area contributed by atoms with Crippen LogP contribution in [0.1, 0.15) is 17.4 Å². The van der Waals surface area contributed by atoms with Crippen LogP contribution in [0.2, 0.25) is 0 Å². The van der Waals surface area contributed by atoms with Gasteiger partial charge < -0.3 is 14.6 Å². The summed E-state index contributed by atoms with van der Waals surface area (Å²) in [7, 11) is 1.26. The van der Waals surface area contributed by atoms with E-state index < -0.39 is 11.9 Å². The molecule has 2 rings (SSSR count). The number of hydrogen-bond acceptors (Lipinski definition) is 4. The zero-order chi connectivity index (χ0) is 15.4. The number of esters is 1. The van der Waals surface area contributed by atoms with Gasteiger partial charge in [0.05, 0.1) is 7.11 Å². The third-order valence-electron chi connectivity index (χ3n) is 3.18. The van der Waals surface area contributed by atoms with Crippen molar-refractivity contribution in [2.75, 3.05) is 20.2 Å². The molecular weight excluding hydrogens is 272 g/mol. The van der Waals surface area contributed by atoms with E-state index in [0.717, 1.165) is 0 Å². The van der Waals surface area contributed by atoms with Crippen LogP contribution in [0.25, 0.3) is 10.9 Å². The van der Waals surface area contributed by atoms with Gasteiger partial charge in [0.15, 0.2) is 5.43 Å². The van der Waals surface area contributed by atoms with E-state index in [2.05, 4.69) is 9.72 Å². The van der Waals surface area contributed by atoms with Crippen LogP contribution in [-0.2, 0) is 9.53 Å². The van der Waals surface area contributed by atoms with Gasteiger partial charge in [0.1, 0.15) is 12.2 Å². The first-order chi connectivity index (χ1) is 10.1. The van der Waals surface area contributed by atoms with Crippen LogP contribution >= 0.6 is 0 Å². The quantitative estimate of drug-likeness (QED) is 0.856. The number of aromatic nitrogens is 1. The fourth-order valence-electron chi connectivity index (χ4n) is 2.03. The number of aromatic amines is 1. The number of rotatable bonds is 4. The van der Waals surface area contributed by atoms with Crippen molar-refractivity contribution in [1.82, 2.24) is 9.88 Å². The summed E-state index contributed by atoms with van der Waals surface area (Å²) < 4.78 is 4.56. The first kappa shape index (κ1) is 14.8. The molecule has 6 nitrogen and oxygen atoms in total. The molecule has 0 aliphatic rings. The highest BCUT2D eigenvalue weighted by Gasteiger charge is 2.19. The van der Waals surface area contributed by atoms with Crippen molar-refractivity contribution >= 4 is 22.8 Å². The summed E-state index contributed by atoms with van der Waals surface area (Å²) in [5.41, 5.74) is 0.508. The Balaban J connectivity index is 2.38. The number of likely N-dealkylation sites (N-methyl/N-ethyl adjacent to an activating group) is 1. The zero-order valence-electron chi connectivity index (χ0n) is 11.9. The molecule has 1 N–H and O–H groups in total. The Bertz CT molecular complexity index is 736. The number of pyridine rings is 1. The second-order valence-electron chi connectivity index (χ2n) is 4.49. The summed E-state index contributed by atoms with van der Waals surface area (Å²) in [6, 6.07) is 8.20. The van der Waals surface area contributed by atoms with Gasteiger partial charge in [0.25, 0.3) is 5.91 Å². The van der Waals surface area contributed by atoms with E-state index in [1.165, 1.54) is 18.1 Å². The fourth-order valence-corrected chi connectivity index (χ4v) is 2.03. The van der Waals surface area contributed by atoms with Crippen molar-refractivity contribution in [3.63, 3.8) is 0 Å². The molecule has 1 heterocycles. The van der Waals surface area contributed by atoms with Crippen LogP contribution in [0.3, 0.4) is 0 Å². The lowest BCUT2D eigenvalue weighted by Crippen LogP contribution is -2.36. The molecule has 0 fully saturated rings. The van der Waals surface area contributed by atoms with Crippen molar-refractivity contribution < 1.29 is 14.3 Å². The third kappa shape index (κ3) is 3.10. The van der Waals surface area contributed by atoms with Crippen LogP contribution in [0.15, 0.2) is 35.1 Å². The summed E-state index contributed by atoms with van der Waals surface area (Å²) >= 11 is 0. The van der Waals surface area contributed by atoms with Crippen LogP contribution < -0.4 is 5.43 Å². The Morgan fingerprint density at radius 3 is 2.67 bits per heavy atom. The summed E-state index contributed by atoms with van der Waals surface area (Å²) in [4.78, 5) is 39.9. The maximum atomic E-state index is 12.4. The smallest absolute Gasteiger partial charge is 0.325 e. The monoisotopic (exact) mass is 288 g/mol. The number of ether oxygens (including phenoxy) is 1. The Labute approximate surface area is 121 Å². The van der Waals surface area contributed by atoms with E-state index in [9.17, 15) is 14.4 Å². The molecule has 0 spiro atoms.